The van der Waals surface area contributed by atoms with Gasteiger partial charge in [0.15, 0.2) is 5.76 Å². The van der Waals surface area contributed by atoms with Crippen molar-refractivity contribution in [2.24, 2.45) is 0 Å². The number of furan rings is 1. The Balaban J connectivity index is 2.09. The van der Waals surface area contributed by atoms with Crippen molar-refractivity contribution >= 4 is 34.0 Å². The zero-order valence-electron chi connectivity index (χ0n) is 9.76. The Morgan fingerprint density at radius 3 is 2.89 bits per heavy atom. The Hall–Kier alpha value is -2.33. The molecule has 0 saturated heterocycles. The first kappa shape index (κ1) is 11.7. The van der Waals surface area contributed by atoms with Gasteiger partial charge in [-0.25, -0.2) is 0 Å². The minimum atomic E-state index is -0.342. The standard InChI is InChI=1S/C14H9ClN2O2/c15-9-3-4-11-8(6-9)7-12(19-11)14(18)13-10(16)2-1-5-17-13/h1-7H,16H2. The fourth-order valence-electron chi connectivity index (χ4n) is 1.85. The van der Waals surface area contributed by atoms with Gasteiger partial charge in [0, 0.05) is 16.6 Å². The van der Waals surface area contributed by atoms with Gasteiger partial charge in [0.25, 0.3) is 0 Å². The van der Waals surface area contributed by atoms with Crippen molar-refractivity contribution in [3.05, 3.63) is 59.1 Å². The van der Waals surface area contributed by atoms with E-state index in [4.69, 9.17) is 21.8 Å². The van der Waals surface area contributed by atoms with E-state index in [-0.39, 0.29) is 17.2 Å². The molecule has 94 valence electrons. The largest absolute Gasteiger partial charge is 0.453 e. The molecule has 0 aliphatic heterocycles. The molecule has 0 unspecified atom stereocenters. The van der Waals surface area contributed by atoms with E-state index in [1.165, 1.54) is 6.20 Å². The van der Waals surface area contributed by atoms with Crippen LogP contribution in [0.5, 0.6) is 0 Å². The summed E-state index contributed by atoms with van der Waals surface area (Å²) in [6, 6.07) is 10.1. The summed E-state index contributed by atoms with van der Waals surface area (Å²) in [5.41, 5.74) is 6.84. The lowest BCUT2D eigenvalue weighted by atomic mass is 10.1. The van der Waals surface area contributed by atoms with Gasteiger partial charge >= 0.3 is 0 Å². The van der Waals surface area contributed by atoms with Crippen molar-refractivity contribution in [1.29, 1.82) is 0 Å². The smallest absolute Gasteiger partial charge is 0.248 e. The molecule has 0 bridgehead atoms. The number of hydrogen-bond acceptors (Lipinski definition) is 4. The van der Waals surface area contributed by atoms with Crippen LogP contribution in [0.2, 0.25) is 5.02 Å². The average Bonchev–Trinajstić information content (AvgIpc) is 2.81. The zero-order valence-corrected chi connectivity index (χ0v) is 10.5. The molecule has 0 radical (unpaired) electrons. The van der Waals surface area contributed by atoms with Crippen LogP contribution in [-0.4, -0.2) is 10.8 Å². The predicted octanol–water partition coefficient (Wildman–Crippen LogP) is 3.29. The Labute approximate surface area is 113 Å². The second kappa shape index (κ2) is 4.40. The highest BCUT2D eigenvalue weighted by Gasteiger charge is 2.18. The van der Waals surface area contributed by atoms with Crippen LogP contribution in [0.1, 0.15) is 16.2 Å². The van der Waals surface area contributed by atoms with Crippen molar-refractivity contribution in [1.82, 2.24) is 4.98 Å². The van der Waals surface area contributed by atoms with Crippen molar-refractivity contribution in [2.75, 3.05) is 5.73 Å². The highest BCUT2D eigenvalue weighted by molar-refractivity contribution is 6.31. The van der Waals surface area contributed by atoms with Crippen LogP contribution in [-0.2, 0) is 0 Å². The number of nitrogen functional groups attached to an aromatic ring is 1. The average molecular weight is 273 g/mol. The quantitative estimate of drug-likeness (QED) is 0.727. The van der Waals surface area contributed by atoms with E-state index in [1.54, 1.807) is 36.4 Å². The maximum Gasteiger partial charge on any atom is 0.248 e. The number of fused-ring (bicyclic) bond motifs is 1. The van der Waals surface area contributed by atoms with Crippen molar-refractivity contribution in [3.63, 3.8) is 0 Å². The lowest BCUT2D eigenvalue weighted by Crippen LogP contribution is -2.06. The Kier molecular flexibility index (Phi) is 2.72. The minimum absolute atomic E-state index is 0.188. The number of pyridine rings is 1. The van der Waals surface area contributed by atoms with E-state index in [0.29, 0.717) is 16.3 Å². The molecule has 3 aromatic rings. The summed E-state index contributed by atoms with van der Waals surface area (Å²) in [5, 5.41) is 1.36. The van der Waals surface area contributed by atoms with Gasteiger partial charge in [-0.05, 0) is 36.4 Å². The van der Waals surface area contributed by atoms with E-state index in [9.17, 15) is 4.79 Å². The number of carbonyl (C=O) groups is 1. The molecule has 5 heteroatoms. The third-order valence-electron chi connectivity index (χ3n) is 2.76. The van der Waals surface area contributed by atoms with Crippen molar-refractivity contribution in [2.45, 2.75) is 0 Å². The lowest BCUT2D eigenvalue weighted by Gasteiger charge is -1.99. The minimum Gasteiger partial charge on any atom is -0.453 e. The fourth-order valence-corrected chi connectivity index (χ4v) is 2.03. The monoisotopic (exact) mass is 272 g/mol. The lowest BCUT2D eigenvalue weighted by molar-refractivity contribution is 0.101. The van der Waals surface area contributed by atoms with Gasteiger partial charge in [0.2, 0.25) is 5.78 Å². The van der Waals surface area contributed by atoms with E-state index in [0.717, 1.165) is 5.39 Å². The van der Waals surface area contributed by atoms with Gasteiger partial charge in [0.1, 0.15) is 11.3 Å². The first-order chi connectivity index (χ1) is 9.15. The summed E-state index contributed by atoms with van der Waals surface area (Å²) in [4.78, 5) is 16.2. The SMILES string of the molecule is Nc1cccnc1C(=O)c1cc2cc(Cl)ccc2o1. The van der Waals surface area contributed by atoms with Gasteiger partial charge in [0.05, 0.1) is 5.69 Å². The second-order valence-corrected chi connectivity index (χ2v) is 4.50. The van der Waals surface area contributed by atoms with Gasteiger partial charge in [-0.2, -0.15) is 0 Å². The number of ketones is 1. The van der Waals surface area contributed by atoms with Crippen LogP contribution in [0.15, 0.2) is 47.0 Å². The van der Waals surface area contributed by atoms with Gasteiger partial charge in [-0.1, -0.05) is 11.6 Å². The molecule has 4 nitrogen and oxygen atoms in total. The van der Waals surface area contributed by atoms with E-state index in [1.807, 2.05) is 0 Å². The number of rotatable bonds is 2. The molecule has 0 amide bonds. The molecule has 0 atom stereocenters. The number of aromatic nitrogens is 1. The maximum absolute atomic E-state index is 12.3. The highest BCUT2D eigenvalue weighted by Crippen LogP contribution is 2.25. The zero-order chi connectivity index (χ0) is 13.4. The van der Waals surface area contributed by atoms with Crippen molar-refractivity contribution < 1.29 is 9.21 Å². The van der Waals surface area contributed by atoms with Crippen LogP contribution in [0.3, 0.4) is 0 Å². The Bertz CT molecular complexity index is 780. The highest BCUT2D eigenvalue weighted by atomic mass is 35.5. The molecular weight excluding hydrogens is 264 g/mol. The molecule has 19 heavy (non-hydrogen) atoms. The van der Waals surface area contributed by atoms with E-state index < -0.39 is 0 Å². The summed E-state index contributed by atoms with van der Waals surface area (Å²) >= 11 is 5.89. The first-order valence-corrected chi connectivity index (χ1v) is 5.97. The topological polar surface area (TPSA) is 69.1 Å². The van der Waals surface area contributed by atoms with Crippen LogP contribution in [0, 0.1) is 0 Å². The summed E-state index contributed by atoms with van der Waals surface area (Å²) in [6.45, 7) is 0. The normalized spacial score (nSPS) is 10.8. The van der Waals surface area contributed by atoms with Gasteiger partial charge < -0.3 is 10.2 Å². The number of carbonyl (C=O) groups excluding carboxylic acids is 1. The van der Waals surface area contributed by atoms with E-state index in [2.05, 4.69) is 4.98 Å². The number of nitrogens with two attached hydrogens (primary N) is 1. The third kappa shape index (κ3) is 2.06. The summed E-state index contributed by atoms with van der Waals surface area (Å²) < 4.78 is 5.49. The Morgan fingerprint density at radius 2 is 2.11 bits per heavy atom. The molecule has 1 aromatic carbocycles. The van der Waals surface area contributed by atoms with Crippen LogP contribution >= 0.6 is 11.6 Å². The molecule has 0 spiro atoms. The maximum atomic E-state index is 12.3. The summed E-state index contributed by atoms with van der Waals surface area (Å²) in [6.07, 6.45) is 1.52. The Morgan fingerprint density at radius 1 is 1.26 bits per heavy atom. The predicted molar refractivity (Wildman–Crippen MR) is 73.3 cm³/mol. The molecular formula is C14H9ClN2O2. The van der Waals surface area contributed by atoms with Crippen molar-refractivity contribution in [3.8, 4) is 0 Å². The first-order valence-electron chi connectivity index (χ1n) is 5.59. The third-order valence-corrected chi connectivity index (χ3v) is 2.99. The molecule has 2 N–H and O–H groups in total. The van der Waals surface area contributed by atoms with Gasteiger partial charge in [-0.15, -0.1) is 0 Å². The number of hydrogen-bond donors (Lipinski definition) is 1. The molecule has 0 saturated carbocycles. The number of nitrogens with zero attached hydrogens (tertiary/aromatic N) is 1. The van der Waals surface area contributed by atoms with Crippen LogP contribution in [0.4, 0.5) is 5.69 Å². The molecule has 2 aromatic heterocycles. The number of benzene rings is 1. The van der Waals surface area contributed by atoms with E-state index >= 15 is 0 Å². The molecule has 0 fully saturated rings. The molecule has 2 heterocycles. The van der Waals surface area contributed by atoms with Crippen LogP contribution in [0.25, 0.3) is 11.0 Å². The summed E-state index contributed by atoms with van der Waals surface area (Å²) in [5.74, 6) is -0.145. The number of anilines is 1. The van der Waals surface area contributed by atoms with Gasteiger partial charge in [-0.3, -0.25) is 9.78 Å². The molecule has 3 rings (SSSR count). The molecule has 0 aliphatic rings. The molecule has 0 aliphatic carbocycles. The fraction of sp³-hybridized carbons (Fsp3) is 0. The number of halogens is 1. The van der Waals surface area contributed by atoms with Crippen LogP contribution < -0.4 is 5.73 Å². The second-order valence-electron chi connectivity index (χ2n) is 4.06. The summed E-state index contributed by atoms with van der Waals surface area (Å²) in [7, 11) is 0.